The lowest BCUT2D eigenvalue weighted by Gasteiger charge is -2.00. The first-order chi connectivity index (χ1) is 9.22. The van der Waals surface area contributed by atoms with Gasteiger partial charge in [0.25, 0.3) is 0 Å². The standard InChI is InChI=1S/C15H18O4/c1-18-15(17)12-14(16)9-11-19-10-5-8-13-6-3-2-4-7-13/h2-8H,9-12H2,1H3/b8-5+. The highest BCUT2D eigenvalue weighted by Gasteiger charge is 2.08. The number of carbonyl (C=O) groups is 2. The van der Waals surface area contributed by atoms with Crippen molar-refractivity contribution in [3.05, 3.63) is 42.0 Å². The first-order valence-corrected chi connectivity index (χ1v) is 6.10. The van der Waals surface area contributed by atoms with Crippen LogP contribution in [0.5, 0.6) is 0 Å². The minimum Gasteiger partial charge on any atom is -0.469 e. The van der Waals surface area contributed by atoms with Crippen LogP contribution in [-0.2, 0) is 19.1 Å². The fraction of sp³-hybridized carbons (Fsp3) is 0.333. The van der Waals surface area contributed by atoms with Gasteiger partial charge in [0.05, 0.1) is 20.3 Å². The Kier molecular flexibility index (Phi) is 7.20. The quantitative estimate of drug-likeness (QED) is 0.409. The van der Waals surface area contributed by atoms with E-state index in [2.05, 4.69) is 4.74 Å². The summed E-state index contributed by atoms with van der Waals surface area (Å²) in [5.41, 5.74) is 1.10. The molecule has 0 fully saturated rings. The molecule has 0 aliphatic carbocycles. The highest BCUT2D eigenvalue weighted by Crippen LogP contribution is 2.00. The van der Waals surface area contributed by atoms with Gasteiger partial charge in [0, 0.05) is 6.42 Å². The van der Waals surface area contributed by atoms with Gasteiger partial charge < -0.3 is 9.47 Å². The van der Waals surface area contributed by atoms with Crippen molar-refractivity contribution in [2.24, 2.45) is 0 Å². The smallest absolute Gasteiger partial charge is 0.313 e. The van der Waals surface area contributed by atoms with E-state index < -0.39 is 5.97 Å². The van der Waals surface area contributed by atoms with Gasteiger partial charge in [0.1, 0.15) is 12.2 Å². The molecule has 4 nitrogen and oxygen atoms in total. The third kappa shape index (κ3) is 7.16. The lowest BCUT2D eigenvalue weighted by molar-refractivity contribution is -0.143. The molecular weight excluding hydrogens is 244 g/mol. The van der Waals surface area contributed by atoms with E-state index in [0.29, 0.717) is 13.2 Å². The molecule has 0 radical (unpaired) electrons. The van der Waals surface area contributed by atoms with Crippen LogP contribution in [0.2, 0.25) is 0 Å². The summed E-state index contributed by atoms with van der Waals surface area (Å²) in [4.78, 5) is 22.1. The highest BCUT2D eigenvalue weighted by atomic mass is 16.5. The van der Waals surface area contributed by atoms with E-state index in [1.165, 1.54) is 7.11 Å². The normalized spacial score (nSPS) is 10.6. The second-order valence-corrected chi connectivity index (χ2v) is 3.93. The molecule has 0 aliphatic rings. The molecule has 1 aromatic carbocycles. The Hall–Kier alpha value is -1.94. The van der Waals surface area contributed by atoms with E-state index in [0.717, 1.165) is 5.56 Å². The van der Waals surface area contributed by atoms with Crippen LogP contribution in [0.1, 0.15) is 18.4 Å². The number of methoxy groups -OCH3 is 1. The largest absolute Gasteiger partial charge is 0.469 e. The van der Waals surface area contributed by atoms with Crippen LogP contribution in [-0.4, -0.2) is 32.1 Å². The van der Waals surface area contributed by atoms with Crippen LogP contribution in [0, 0.1) is 0 Å². The molecule has 0 bridgehead atoms. The summed E-state index contributed by atoms with van der Waals surface area (Å²) < 4.78 is 9.68. The molecule has 0 aromatic heterocycles. The zero-order valence-electron chi connectivity index (χ0n) is 11.0. The molecule has 0 amide bonds. The van der Waals surface area contributed by atoms with Gasteiger partial charge in [-0.3, -0.25) is 9.59 Å². The average molecular weight is 262 g/mol. The number of esters is 1. The van der Waals surface area contributed by atoms with Crippen molar-refractivity contribution in [3.63, 3.8) is 0 Å². The van der Waals surface area contributed by atoms with E-state index in [-0.39, 0.29) is 18.6 Å². The number of ketones is 1. The van der Waals surface area contributed by atoms with Crippen LogP contribution >= 0.6 is 0 Å². The van der Waals surface area contributed by atoms with E-state index in [9.17, 15) is 9.59 Å². The Morgan fingerprint density at radius 1 is 1.21 bits per heavy atom. The Bertz CT molecular complexity index is 423. The molecule has 1 aromatic rings. The average Bonchev–Trinajstić information content (AvgIpc) is 2.43. The molecule has 4 heteroatoms. The highest BCUT2D eigenvalue weighted by molar-refractivity contribution is 5.95. The van der Waals surface area contributed by atoms with Crippen molar-refractivity contribution >= 4 is 17.8 Å². The lowest BCUT2D eigenvalue weighted by atomic mass is 10.2. The molecule has 0 saturated carbocycles. The summed E-state index contributed by atoms with van der Waals surface area (Å²) in [7, 11) is 1.26. The molecule has 102 valence electrons. The van der Waals surface area contributed by atoms with Gasteiger partial charge in [-0.15, -0.1) is 0 Å². The second kappa shape index (κ2) is 9.05. The van der Waals surface area contributed by atoms with Crippen LogP contribution < -0.4 is 0 Å². The monoisotopic (exact) mass is 262 g/mol. The Morgan fingerprint density at radius 2 is 1.95 bits per heavy atom. The van der Waals surface area contributed by atoms with Crippen molar-refractivity contribution in [2.45, 2.75) is 12.8 Å². The number of carbonyl (C=O) groups excluding carboxylic acids is 2. The van der Waals surface area contributed by atoms with Crippen molar-refractivity contribution in [3.8, 4) is 0 Å². The minimum absolute atomic E-state index is 0.168. The van der Waals surface area contributed by atoms with Gasteiger partial charge in [-0.2, -0.15) is 0 Å². The lowest BCUT2D eigenvalue weighted by Crippen LogP contribution is -2.11. The molecule has 0 atom stereocenters. The Labute approximate surface area is 113 Å². The molecule has 0 spiro atoms. The zero-order valence-corrected chi connectivity index (χ0v) is 11.0. The van der Waals surface area contributed by atoms with Crippen LogP contribution in [0.4, 0.5) is 0 Å². The summed E-state index contributed by atoms with van der Waals surface area (Å²) in [6.07, 6.45) is 3.89. The van der Waals surface area contributed by atoms with Crippen LogP contribution in [0.15, 0.2) is 36.4 Å². The summed E-state index contributed by atoms with van der Waals surface area (Å²) in [5.74, 6) is -0.673. The molecule has 1 rings (SSSR count). The Balaban J connectivity index is 2.10. The van der Waals surface area contributed by atoms with Crippen molar-refractivity contribution in [2.75, 3.05) is 20.3 Å². The van der Waals surface area contributed by atoms with E-state index in [1.54, 1.807) is 0 Å². The summed E-state index contributed by atoms with van der Waals surface area (Å²) in [5, 5.41) is 0. The van der Waals surface area contributed by atoms with E-state index in [1.807, 2.05) is 42.5 Å². The molecule has 0 N–H and O–H groups in total. The second-order valence-electron chi connectivity index (χ2n) is 3.93. The maximum atomic E-state index is 11.3. The molecule has 0 unspecified atom stereocenters. The number of Topliss-reactive ketones (excluding diaryl/α,β-unsaturated/α-hetero) is 1. The van der Waals surface area contributed by atoms with Crippen LogP contribution in [0.25, 0.3) is 6.08 Å². The predicted molar refractivity (Wildman–Crippen MR) is 72.6 cm³/mol. The third-order valence-corrected chi connectivity index (χ3v) is 2.42. The molecule has 0 aliphatic heterocycles. The summed E-state index contributed by atoms with van der Waals surface area (Å²) in [6, 6.07) is 9.88. The fourth-order valence-electron chi connectivity index (χ4n) is 1.41. The molecular formula is C15H18O4. The summed E-state index contributed by atoms with van der Waals surface area (Å²) in [6.45, 7) is 0.759. The van der Waals surface area contributed by atoms with Crippen molar-refractivity contribution < 1.29 is 19.1 Å². The summed E-state index contributed by atoms with van der Waals surface area (Å²) >= 11 is 0. The number of benzene rings is 1. The van der Waals surface area contributed by atoms with Gasteiger partial charge in [-0.1, -0.05) is 42.5 Å². The maximum Gasteiger partial charge on any atom is 0.313 e. The molecule has 0 heterocycles. The SMILES string of the molecule is COC(=O)CC(=O)CCOC/C=C/c1ccccc1. The number of hydrogen-bond donors (Lipinski definition) is 0. The fourth-order valence-corrected chi connectivity index (χ4v) is 1.41. The van der Waals surface area contributed by atoms with Gasteiger partial charge in [-0.25, -0.2) is 0 Å². The van der Waals surface area contributed by atoms with Gasteiger partial charge >= 0.3 is 5.97 Å². The van der Waals surface area contributed by atoms with Gasteiger partial charge in [0.2, 0.25) is 0 Å². The zero-order chi connectivity index (χ0) is 13.9. The van der Waals surface area contributed by atoms with Crippen LogP contribution in [0.3, 0.4) is 0 Å². The first-order valence-electron chi connectivity index (χ1n) is 6.10. The number of ether oxygens (including phenoxy) is 2. The number of hydrogen-bond acceptors (Lipinski definition) is 4. The van der Waals surface area contributed by atoms with Gasteiger partial charge in [-0.05, 0) is 5.56 Å². The first kappa shape index (κ1) is 15.1. The predicted octanol–water partition coefficient (Wildman–Crippen LogP) is 2.24. The maximum absolute atomic E-state index is 11.3. The third-order valence-electron chi connectivity index (χ3n) is 2.42. The minimum atomic E-state index is -0.506. The van der Waals surface area contributed by atoms with Crippen molar-refractivity contribution in [1.82, 2.24) is 0 Å². The van der Waals surface area contributed by atoms with Crippen molar-refractivity contribution in [1.29, 1.82) is 0 Å². The van der Waals surface area contributed by atoms with E-state index in [4.69, 9.17) is 4.74 Å². The molecule has 0 saturated heterocycles. The number of rotatable bonds is 8. The topological polar surface area (TPSA) is 52.6 Å². The molecule has 19 heavy (non-hydrogen) atoms. The van der Waals surface area contributed by atoms with Gasteiger partial charge in [0.15, 0.2) is 0 Å². The van der Waals surface area contributed by atoms with E-state index >= 15 is 0 Å². The Morgan fingerprint density at radius 3 is 2.63 bits per heavy atom.